The van der Waals surface area contributed by atoms with Crippen LogP contribution >= 0.6 is 0 Å². The van der Waals surface area contributed by atoms with Gasteiger partial charge < -0.3 is 10.2 Å². The zero-order chi connectivity index (χ0) is 14.5. The van der Waals surface area contributed by atoms with Crippen LogP contribution in [0, 0.1) is 5.82 Å². The molecule has 2 aromatic rings. The molecule has 0 aliphatic rings. The van der Waals surface area contributed by atoms with Gasteiger partial charge in [0.1, 0.15) is 5.82 Å². The largest absolute Gasteiger partial charge is 0.347 e. The second kappa shape index (κ2) is 6.10. The number of anilines is 1. The molecule has 5 nitrogen and oxygen atoms in total. The van der Waals surface area contributed by atoms with Crippen molar-refractivity contribution in [3.63, 3.8) is 0 Å². The second-order valence-corrected chi connectivity index (χ2v) is 4.40. The fourth-order valence-electron chi connectivity index (χ4n) is 1.61. The maximum absolute atomic E-state index is 13.4. The summed E-state index contributed by atoms with van der Waals surface area (Å²) >= 11 is 0. The van der Waals surface area contributed by atoms with E-state index in [0.29, 0.717) is 11.6 Å². The molecule has 0 saturated heterocycles. The molecule has 2 rings (SSSR count). The van der Waals surface area contributed by atoms with Crippen molar-refractivity contribution >= 4 is 11.9 Å². The van der Waals surface area contributed by atoms with Gasteiger partial charge in [0, 0.05) is 20.3 Å². The molecule has 0 bridgehead atoms. The molecule has 1 N–H and O–H groups in total. The lowest BCUT2D eigenvalue weighted by molar-refractivity contribution is 0.0946. The molecule has 1 heterocycles. The molecule has 0 radical (unpaired) electrons. The summed E-state index contributed by atoms with van der Waals surface area (Å²) < 4.78 is 13.4. The van der Waals surface area contributed by atoms with Crippen LogP contribution in [0.5, 0.6) is 0 Å². The third-order valence-corrected chi connectivity index (χ3v) is 2.65. The van der Waals surface area contributed by atoms with E-state index in [2.05, 4.69) is 15.3 Å². The van der Waals surface area contributed by atoms with E-state index < -0.39 is 11.7 Å². The lowest BCUT2D eigenvalue weighted by Crippen LogP contribution is -2.24. The van der Waals surface area contributed by atoms with E-state index in [9.17, 15) is 9.18 Å². The summed E-state index contributed by atoms with van der Waals surface area (Å²) in [7, 11) is 3.66. The number of rotatable bonds is 4. The third kappa shape index (κ3) is 3.28. The smallest absolute Gasteiger partial charge is 0.254 e. The molecule has 0 unspecified atom stereocenters. The quantitative estimate of drug-likeness (QED) is 0.920. The first-order chi connectivity index (χ1) is 9.58. The van der Waals surface area contributed by atoms with Gasteiger partial charge in [0.05, 0.1) is 17.8 Å². The Balaban J connectivity index is 2.04. The van der Waals surface area contributed by atoms with Crippen LogP contribution in [0.25, 0.3) is 0 Å². The van der Waals surface area contributed by atoms with E-state index in [-0.39, 0.29) is 12.1 Å². The number of aromatic nitrogens is 2. The molecule has 104 valence electrons. The second-order valence-electron chi connectivity index (χ2n) is 4.40. The maximum atomic E-state index is 13.4. The van der Waals surface area contributed by atoms with E-state index in [1.54, 1.807) is 29.3 Å². The van der Waals surface area contributed by atoms with Crippen molar-refractivity contribution in [1.29, 1.82) is 0 Å². The minimum Gasteiger partial charge on any atom is -0.347 e. The van der Waals surface area contributed by atoms with Gasteiger partial charge in [-0.15, -0.1) is 0 Å². The van der Waals surface area contributed by atoms with Gasteiger partial charge in [-0.25, -0.2) is 14.4 Å². The fourth-order valence-corrected chi connectivity index (χ4v) is 1.61. The van der Waals surface area contributed by atoms with Crippen molar-refractivity contribution in [3.05, 3.63) is 53.6 Å². The predicted octanol–water partition coefficient (Wildman–Crippen LogP) is 1.61. The monoisotopic (exact) mass is 274 g/mol. The Labute approximate surface area is 116 Å². The standard InChI is InChI=1S/C14H15FN4O/c1-19(2)14-16-8-7-10(18-14)9-17-13(20)11-5-3-4-6-12(11)15/h3-8H,9H2,1-2H3,(H,17,20). The van der Waals surface area contributed by atoms with Gasteiger partial charge in [-0.3, -0.25) is 4.79 Å². The molecule has 1 aromatic heterocycles. The minimum absolute atomic E-state index is 0.0226. The van der Waals surface area contributed by atoms with Crippen LogP contribution < -0.4 is 10.2 Å². The van der Waals surface area contributed by atoms with Crippen molar-refractivity contribution in [2.75, 3.05) is 19.0 Å². The zero-order valence-corrected chi connectivity index (χ0v) is 11.3. The predicted molar refractivity (Wildman–Crippen MR) is 73.9 cm³/mol. The van der Waals surface area contributed by atoms with E-state index >= 15 is 0 Å². The molecule has 20 heavy (non-hydrogen) atoms. The average molecular weight is 274 g/mol. The first-order valence-electron chi connectivity index (χ1n) is 6.10. The van der Waals surface area contributed by atoms with Crippen LogP contribution in [-0.4, -0.2) is 30.0 Å². The highest BCUT2D eigenvalue weighted by Gasteiger charge is 2.10. The van der Waals surface area contributed by atoms with E-state index in [1.165, 1.54) is 12.1 Å². The van der Waals surface area contributed by atoms with Gasteiger partial charge in [0.15, 0.2) is 0 Å². The number of hydrogen-bond donors (Lipinski definition) is 1. The number of nitrogens with zero attached hydrogens (tertiary/aromatic N) is 3. The molecule has 0 aliphatic heterocycles. The van der Waals surface area contributed by atoms with Crippen LogP contribution in [-0.2, 0) is 6.54 Å². The first-order valence-corrected chi connectivity index (χ1v) is 6.10. The van der Waals surface area contributed by atoms with E-state index in [0.717, 1.165) is 0 Å². The fraction of sp³-hybridized carbons (Fsp3) is 0.214. The molecular formula is C14H15FN4O. The molecule has 0 atom stereocenters. The normalized spacial score (nSPS) is 10.2. The number of hydrogen-bond acceptors (Lipinski definition) is 4. The molecular weight excluding hydrogens is 259 g/mol. The van der Waals surface area contributed by atoms with Crippen molar-refractivity contribution < 1.29 is 9.18 Å². The van der Waals surface area contributed by atoms with Crippen LogP contribution in [0.1, 0.15) is 16.1 Å². The summed E-state index contributed by atoms with van der Waals surface area (Å²) in [5.74, 6) is -0.447. The molecule has 1 amide bonds. The van der Waals surface area contributed by atoms with E-state index in [1.807, 2.05) is 14.1 Å². The van der Waals surface area contributed by atoms with Crippen molar-refractivity contribution in [1.82, 2.24) is 15.3 Å². The number of amides is 1. The molecule has 0 saturated carbocycles. The Bertz CT molecular complexity index is 616. The Morgan fingerprint density at radius 2 is 2.05 bits per heavy atom. The Hall–Kier alpha value is -2.50. The van der Waals surface area contributed by atoms with Crippen molar-refractivity contribution in [2.45, 2.75) is 6.54 Å². The SMILES string of the molecule is CN(C)c1nccc(CNC(=O)c2ccccc2F)n1. The van der Waals surface area contributed by atoms with Gasteiger partial charge in [0.25, 0.3) is 5.91 Å². The van der Waals surface area contributed by atoms with Gasteiger partial charge in [-0.05, 0) is 18.2 Å². The van der Waals surface area contributed by atoms with Gasteiger partial charge in [0.2, 0.25) is 5.95 Å². The Morgan fingerprint density at radius 1 is 1.30 bits per heavy atom. The highest BCUT2D eigenvalue weighted by atomic mass is 19.1. The number of halogens is 1. The molecule has 6 heteroatoms. The maximum Gasteiger partial charge on any atom is 0.254 e. The van der Waals surface area contributed by atoms with Crippen LogP contribution in [0.2, 0.25) is 0 Å². The van der Waals surface area contributed by atoms with Crippen LogP contribution in [0.3, 0.4) is 0 Å². The summed E-state index contributed by atoms with van der Waals surface area (Å²) in [6.07, 6.45) is 1.62. The molecule has 0 fully saturated rings. The van der Waals surface area contributed by atoms with Crippen LogP contribution in [0.4, 0.5) is 10.3 Å². The summed E-state index contributed by atoms with van der Waals surface area (Å²) in [5, 5.41) is 2.63. The minimum atomic E-state index is -0.540. The zero-order valence-electron chi connectivity index (χ0n) is 11.3. The van der Waals surface area contributed by atoms with Crippen LogP contribution in [0.15, 0.2) is 36.5 Å². The Kier molecular flexibility index (Phi) is 4.24. The topological polar surface area (TPSA) is 58.1 Å². The number of carbonyl (C=O) groups is 1. The van der Waals surface area contributed by atoms with Gasteiger partial charge in [-0.1, -0.05) is 12.1 Å². The van der Waals surface area contributed by atoms with Crippen molar-refractivity contribution in [3.8, 4) is 0 Å². The number of benzene rings is 1. The number of carbonyl (C=O) groups excluding carboxylic acids is 1. The highest BCUT2D eigenvalue weighted by Crippen LogP contribution is 2.07. The summed E-state index contributed by atoms with van der Waals surface area (Å²) in [4.78, 5) is 22.0. The third-order valence-electron chi connectivity index (χ3n) is 2.65. The summed E-state index contributed by atoms with van der Waals surface area (Å²) in [6, 6.07) is 7.56. The molecule has 0 spiro atoms. The number of nitrogens with one attached hydrogen (secondary N) is 1. The summed E-state index contributed by atoms with van der Waals surface area (Å²) in [5.41, 5.74) is 0.683. The van der Waals surface area contributed by atoms with E-state index in [4.69, 9.17) is 0 Å². The molecule has 1 aromatic carbocycles. The average Bonchev–Trinajstić information content (AvgIpc) is 2.45. The first kappa shape index (κ1) is 13.9. The van der Waals surface area contributed by atoms with Gasteiger partial charge in [-0.2, -0.15) is 0 Å². The highest BCUT2D eigenvalue weighted by molar-refractivity contribution is 5.94. The lowest BCUT2D eigenvalue weighted by Gasteiger charge is -2.11. The van der Waals surface area contributed by atoms with Gasteiger partial charge >= 0.3 is 0 Å². The Morgan fingerprint density at radius 3 is 2.75 bits per heavy atom. The molecule has 0 aliphatic carbocycles. The van der Waals surface area contributed by atoms with Crippen molar-refractivity contribution in [2.24, 2.45) is 0 Å². The lowest BCUT2D eigenvalue weighted by atomic mass is 10.2. The summed E-state index contributed by atoms with van der Waals surface area (Å²) in [6.45, 7) is 0.219.